The summed E-state index contributed by atoms with van der Waals surface area (Å²) in [4.78, 5) is 11.4. The van der Waals surface area contributed by atoms with Gasteiger partial charge in [-0.05, 0) is 39.6 Å². The van der Waals surface area contributed by atoms with Crippen molar-refractivity contribution < 1.29 is 9.90 Å². The van der Waals surface area contributed by atoms with Gasteiger partial charge in [-0.2, -0.15) is 0 Å². The van der Waals surface area contributed by atoms with Crippen molar-refractivity contribution in [3.63, 3.8) is 0 Å². The number of hydrogen-bond acceptors (Lipinski definition) is 4. The van der Waals surface area contributed by atoms with Crippen molar-refractivity contribution in [3.8, 4) is 11.1 Å². The number of benzene rings is 2. The molecule has 2 aromatic carbocycles. The van der Waals surface area contributed by atoms with Gasteiger partial charge in [-0.15, -0.1) is 5.10 Å². The molecule has 0 aliphatic carbocycles. The third-order valence-electron chi connectivity index (χ3n) is 4.11. The zero-order chi connectivity index (χ0) is 17.6. The number of carboxylic acids is 1. The molecule has 0 fully saturated rings. The molecule has 0 unspecified atom stereocenters. The second-order valence-electron chi connectivity index (χ2n) is 5.90. The van der Waals surface area contributed by atoms with Crippen LogP contribution in [-0.4, -0.2) is 31.3 Å². The molecule has 6 nitrogen and oxygen atoms in total. The Balaban J connectivity index is 1.80. The average molecular weight is 336 g/mol. The molecule has 0 radical (unpaired) electrons. The Morgan fingerprint density at radius 2 is 1.88 bits per heavy atom. The number of aryl methyl sites for hydroxylation is 1. The molecule has 0 spiro atoms. The van der Waals surface area contributed by atoms with Gasteiger partial charge in [-0.1, -0.05) is 55.8 Å². The molecule has 1 N–H and O–H groups in total. The SMILES string of the molecule is CCCCc1nnnn1Cc1ccc(-c2ccccc2C(=O)O)cc1. The van der Waals surface area contributed by atoms with Crippen LogP contribution in [0.3, 0.4) is 0 Å². The first-order valence-electron chi connectivity index (χ1n) is 8.35. The second kappa shape index (κ2) is 7.70. The van der Waals surface area contributed by atoms with Crippen LogP contribution in [0.4, 0.5) is 0 Å². The van der Waals surface area contributed by atoms with E-state index in [4.69, 9.17) is 0 Å². The highest BCUT2D eigenvalue weighted by Gasteiger charge is 2.11. The number of rotatable bonds is 7. The summed E-state index contributed by atoms with van der Waals surface area (Å²) in [5.41, 5.74) is 2.97. The number of unbranched alkanes of at least 4 members (excludes halogenated alkanes) is 1. The molecular formula is C19H20N4O2. The molecule has 0 amide bonds. The van der Waals surface area contributed by atoms with E-state index in [0.29, 0.717) is 17.7 Å². The predicted molar refractivity (Wildman–Crippen MR) is 94.4 cm³/mol. The van der Waals surface area contributed by atoms with E-state index < -0.39 is 5.97 Å². The monoisotopic (exact) mass is 336 g/mol. The molecule has 0 atom stereocenters. The number of carbonyl (C=O) groups is 1. The topological polar surface area (TPSA) is 80.9 Å². The fraction of sp³-hybridized carbons (Fsp3) is 0.263. The van der Waals surface area contributed by atoms with Crippen molar-refractivity contribution in [3.05, 3.63) is 65.5 Å². The van der Waals surface area contributed by atoms with Crippen molar-refractivity contribution in [2.24, 2.45) is 0 Å². The second-order valence-corrected chi connectivity index (χ2v) is 5.90. The number of carboxylic acid groups (broad SMARTS) is 1. The van der Waals surface area contributed by atoms with Crippen LogP contribution < -0.4 is 0 Å². The molecule has 0 bridgehead atoms. The molecule has 3 aromatic rings. The summed E-state index contributed by atoms with van der Waals surface area (Å²) in [7, 11) is 0. The van der Waals surface area contributed by atoms with Crippen molar-refractivity contribution in [2.45, 2.75) is 32.7 Å². The Morgan fingerprint density at radius 3 is 2.60 bits per heavy atom. The molecule has 1 heterocycles. The average Bonchev–Trinajstić information content (AvgIpc) is 3.07. The van der Waals surface area contributed by atoms with Crippen molar-refractivity contribution >= 4 is 5.97 Å². The number of hydrogen-bond donors (Lipinski definition) is 1. The number of aromatic carboxylic acids is 1. The molecule has 128 valence electrons. The third kappa shape index (κ3) is 3.91. The van der Waals surface area contributed by atoms with Crippen molar-refractivity contribution in [2.75, 3.05) is 0 Å². The standard InChI is InChI=1S/C19H20N4O2/c1-2-3-8-18-20-21-22-23(18)13-14-9-11-15(12-10-14)16-6-4-5-7-17(16)19(24)25/h4-7,9-12H,2-3,8,13H2,1H3,(H,24,25). The maximum atomic E-state index is 11.4. The highest BCUT2D eigenvalue weighted by molar-refractivity contribution is 5.95. The lowest BCUT2D eigenvalue weighted by Crippen LogP contribution is -2.07. The van der Waals surface area contributed by atoms with Crippen molar-refractivity contribution in [1.82, 2.24) is 20.2 Å². The van der Waals surface area contributed by atoms with Crippen molar-refractivity contribution in [1.29, 1.82) is 0 Å². The van der Waals surface area contributed by atoms with Crippen LogP contribution in [-0.2, 0) is 13.0 Å². The maximum absolute atomic E-state index is 11.4. The van der Waals surface area contributed by atoms with Gasteiger partial charge >= 0.3 is 5.97 Å². The summed E-state index contributed by atoms with van der Waals surface area (Å²) in [5, 5.41) is 21.2. The van der Waals surface area contributed by atoms with E-state index in [0.717, 1.165) is 36.2 Å². The molecule has 3 rings (SSSR count). The Kier molecular flexibility index (Phi) is 5.18. The summed E-state index contributed by atoms with van der Waals surface area (Å²) in [6, 6.07) is 14.9. The van der Waals surface area contributed by atoms with Gasteiger partial charge in [0.1, 0.15) is 0 Å². The number of aromatic nitrogens is 4. The fourth-order valence-electron chi connectivity index (χ4n) is 2.74. The lowest BCUT2D eigenvalue weighted by atomic mass is 9.99. The first-order valence-corrected chi connectivity index (χ1v) is 8.35. The third-order valence-corrected chi connectivity index (χ3v) is 4.11. The molecule has 0 saturated carbocycles. The minimum atomic E-state index is -0.922. The quantitative estimate of drug-likeness (QED) is 0.715. The minimum absolute atomic E-state index is 0.303. The maximum Gasteiger partial charge on any atom is 0.336 e. The van der Waals surface area contributed by atoms with E-state index in [1.54, 1.807) is 12.1 Å². The van der Waals surface area contributed by atoms with Gasteiger partial charge in [0.2, 0.25) is 0 Å². The molecule has 25 heavy (non-hydrogen) atoms. The van der Waals surface area contributed by atoms with Crippen LogP contribution in [0.2, 0.25) is 0 Å². The van der Waals surface area contributed by atoms with Crippen LogP contribution in [0.1, 0.15) is 41.5 Å². The van der Waals surface area contributed by atoms with Crippen LogP contribution in [0, 0.1) is 0 Å². The summed E-state index contributed by atoms with van der Waals surface area (Å²) in [6.45, 7) is 2.74. The van der Waals surface area contributed by atoms with Crippen LogP contribution in [0.15, 0.2) is 48.5 Å². The van der Waals surface area contributed by atoms with E-state index in [9.17, 15) is 9.90 Å². The normalized spacial score (nSPS) is 10.8. The van der Waals surface area contributed by atoms with Crippen LogP contribution in [0.5, 0.6) is 0 Å². The van der Waals surface area contributed by atoms with E-state index in [-0.39, 0.29) is 0 Å². The summed E-state index contributed by atoms with van der Waals surface area (Å²) < 4.78 is 1.82. The van der Waals surface area contributed by atoms with Gasteiger partial charge in [-0.25, -0.2) is 9.48 Å². The number of nitrogens with zero attached hydrogens (tertiary/aromatic N) is 4. The Bertz CT molecular complexity index is 856. The lowest BCUT2D eigenvalue weighted by molar-refractivity contribution is 0.0697. The van der Waals surface area contributed by atoms with Crippen LogP contribution >= 0.6 is 0 Å². The van der Waals surface area contributed by atoms with Gasteiger partial charge in [-0.3, -0.25) is 0 Å². The zero-order valence-electron chi connectivity index (χ0n) is 14.1. The molecular weight excluding hydrogens is 316 g/mol. The summed E-state index contributed by atoms with van der Waals surface area (Å²) in [5.74, 6) is -0.0314. The minimum Gasteiger partial charge on any atom is -0.478 e. The van der Waals surface area contributed by atoms with E-state index in [2.05, 4.69) is 22.4 Å². The Hall–Kier alpha value is -3.02. The van der Waals surface area contributed by atoms with E-state index >= 15 is 0 Å². The highest BCUT2D eigenvalue weighted by atomic mass is 16.4. The van der Waals surface area contributed by atoms with Gasteiger partial charge < -0.3 is 5.11 Å². The zero-order valence-corrected chi connectivity index (χ0v) is 14.1. The van der Waals surface area contributed by atoms with Gasteiger partial charge in [0, 0.05) is 6.42 Å². The smallest absolute Gasteiger partial charge is 0.336 e. The Morgan fingerprint density at radius 1 is 1.12 bits per heavy atom. The molecule has 6 heteroatoms. The Labute approximate surface area is 146 Å². The largest absolute Gasteiger partial charge is 0.478 e. The van der Waals surface area contributed by atoms with E-state index in [1.165, 1.54) is 0 Å². The first-order chi connectivity index (χ1) is 12.2. The molecule has 0 saturated heterocycles. The van der Waals surface area contributed by atoms with E-state index in [1.807, 2.05) is 41.1 Å². The van der Waals surface area contributed by atoms with Gasteiger partial charge in [0.15, 0.2) is 5.82 Å². The molecule has 0 aliphatic heterocycles. The highest BCUT2D eigenvalue weighted by Crippen LogP contribution is 2.24. The van der Waals surface area contributed by atoms with Gasteiger partial charge in [0.25, 0.3) is 0 Å². The van der Waals surface area contributed by atoms with Crippen LogP contribution in [0.25, 0.3) is 11.1 Å². The van der Waals surface area contributed by atoms with Gasteiger partial charge in [0.05, 0.1) is 12.1 Å². The number of tetrazole rings is 1. The lowest BCUT2D eigenvalue weighted by Gasteiger charge is -2.08. The summed E-state index contributed by atoms with van der Waals surface area (Å²) in [6.07, 6.45) is 3.03. The molecule has 0 aliphatic rings. The predicted octanol–water partition coefficient (Wildman–Crippen LogP) is 3.43. The summed E-state index contributed by atoms with van der Waals surface area (Å²) >= 11 is 0. The fourth-order valence-corrected chi connectivity index (χ4v) is 2.74. The molecule has 1 aromatic heterocycles. The first kappa shape index (κ1) is 16.8.